The first-order valence-corrected chi connectivity index (χ1v) is 8.14. The third-order valence-electron chi connectivity index (χ3n) is 4.05. The van der Waals surface area contributed by atoms with Crippen molar-refractivity contribution in [1.82, 2.24) is 9.78 Å². The average molecular weight is 314 g/mol. The molecule has 23 heavy (non-hydrogen) atoms. The molecule has 0 radical (unpaired) electrons. The molecule has 0 fully saturated rings. The predicted molar refractivity (Wildman–Crippen MR) is 92.4 cm³/mol. The molecule has 4 heteroatoms. The van der Waals surface area contributed by atoms with Gasteiger partial charge in [-0.2, -0.15) is 5.10 Å². The number of aromatic nitrogens is 2. The maximum absolute atomic E-state index is 12.5. The summed E-state index contributed by atoms with van der Waals surface area (Å²) in [6, 6.07) is 7.85. The zero-order valence-corrected chi connectivity index (χ0v) is 14.9. The molecule has 0 saturated carbocycles. The van der Waals surface area contributed by atoms with Gasteiger partial charge in [0.05, 0.1) is 5.69 Å². The lowest BCUT2D eigenvalue weighted by atomic mass is 10.0. The van der Waals surface area contributed by atoms with Gasteiger partial charge in [0.1, 0.15) is 5.75 Å². The largest absolute Gasteiger partial charge is 0.483 e. The van der Waals surface area contributed by atoms with Crippen LogP contribution in [0.4, 0.5) is 0 Å². The molecule has 0 saturated heterocycles. The molecule has 0 aliphatic rings. The van der Waals surface area contributed by atoms with Gasteiger partial charge >= 0.3 is 0 Å². The Morgan fingerprint density at radius 1 is 1.13 bits per heavy atom. The van der Waals surface area contributed by atoms with E-state index in [2.05, 4.69) is 32.8 Å². The molecule has 2 rings (SSSR count). The van der Waals surface area contributed by atoms with Gasteiger partial charge in [-0.25, -0.2) is 4.68 Å². The number of benzene rings is 1. The minimum absolute atomic E-state index is 0.0107. The lowest BCUT2D eigenvalue weighted by Gasteiger charge is -2.13. The molecule has 1 heterocycles. The van der Waals surface area contributed by atoms with Crippen LogP contribution in [0.15, 0.2) is 24.3 Å². The number of aryl methyl sites for hydroxylation is 1. The van der Waals surface area contributed by atoms with Gasteiger partial charge in [0, 0.05) is 5.69 Å². The third kappa shape index (κ3) is 3.63. The first-order valence-electron chi connectivity index (χ1n) is 8.14. The molecule has 0 aliphatic carbocycles. The number of carbonyl (C=O) groups is 1. The van der Waals surface area contributed by atoms with Crippen molar-refractivity contribution in [3.05, 3.63) is 46.8 Å². The van der Waals surface area contributed by atoms with Crippen LogP contribution in [0.25, 0.3) is 0 Å². The molecule has 0 N–H and O–H groups in total. The van der Waals surface area contributed by atoms with Crippen LogP contribution in [0.3, 0.4) is 0 Å². The van der Waals surface area contributed by atoms with Gasteiger partial charge in [-0.3, -0.25) is 4.79 Å². The van der Waals surface area contributed by atoms with Crippen LogP contribution in [0.1, 0.15) is 66.8 Å². The van der Waals surface area contributed by atoms with Gasteiger partial charge in [0.2, 0.25) is 0 Å². The van der Waals surface area contributed by atoms with E-state index in [-0.39, 0.29) is 12.5 Å². The van der Waals surface area contributed by atoms with Crippen LogP contribution >= 0.6 is 0 Å². The third-order valence-corrected chi connectivity index (χ3v) is 4.05. The highest BCUT2D eigenvalue weighted by molar-refractivity contribution is 5.80. The summed E-state index contributed by atoms with van der Waals surface area (Å²) in [5.74, 6) is 1.32. The second kappa shape index (κ2) is 6.99. The van der Waals surface area contributed by atoms with Gasteiger partial charge in [-0.05, 0) is 42.9 Å². The number of ether oxygens (including phenoxy) is 1. The van der Waals surface area contributed by atoms with E-state index in [9.17, 15) is 4.79 Å². The van der Waals surface area contributed by atoms with E-state index in [1.165, 1.54) is 4.68 Å². The Hall–Kier alpha value is -2.10. The van der Waals surface area contributed by atoms with Crippen LogP contribution in [0.5, 0.6) is 5.75 Å². The highest BCUT2D eigenvalue weighted by Gasteiger charge is 2.19. The number of rotatable bonds is 5. The Balaban J connectivity index is 2.17. The summed E-state index contributed by atoms with van der Waals surface area (Å²) in [4.78, 5) is 12.5. The van der Waals surface area contributed by atoms with Crippen LogP contribution in [-0.2, 0) is 0 Å². The lowest BCUT2D eigenvalue weighted by molar-refractivity contribution is 0.0817. The van der Waals surface area contributed by atoms with Crippen LogP contribution in [-0.4, -0.2) is 22.3 Å². The zero-order chi connectivity index (χ0) is 17.1. The van der Waals surface area contributed by atoms with Crippen molar-refractivity contribution in [2.45, 2.75) is 53.4 Å². The molecular formula is C19H26N2O2. The second-order valence-corrected chi connectivity index (χ2v) is 6.53. The summed E-state index contributed by atoms with van der Waals surface area (Å²) in [5, 5.41) is 4.39. The van der Waals surface area contributed by atoms with Crippen molar-refractivity contribution in [3.8, 4) is 5.75 Å². The molecule has 4 nitrogen and oxygen atoms in total. The van der Waals surface area contributed by atoms with Crippen molar-refractivity contribution in [3.63, 3.8) is 0 Å². The van der Waals surface area contributed by atoms with E-state index in [1.807, 2.05) is 38.1 Å². The van der Waals surface area contributed by atoms with E-state index in [0.29, 0.717) is 11.8 Å². The Morgan fingerprint density at radius 3 is 2.35 bits per heavy atom. The van der Waals surface area contributed by atoms with E-state index in [0.717, 1.165) is 28.3 Å². The second-order valence-electron chi connectivity index (χ2n) is 6.53. The SMILES string of the molecule is Cc1nn(C(=O)COc2ccccc2C(C)C)c(C)c1C(C)C. The number of hydrogen-bond acceptors (Lipinski definition) is 3. The zero-order valence-electron chi connectivity index (χ0n) is 14.9. The summed E-state index contributed by atoms with van der Waals surface area (Å²) in [6.45, 7) is 12.3. The van der Waals surface area contributed by atoms with Crippen molar-refractivity contribution in [2.75, 3.05) is 6.61 Å². The molecule has 0 bridgehead atoms. The van der Waals surface area contributed by atoms with E-state index < -0.39 is 0 Å². The van der Waals surface area contributed by atoms with E-state index in [1.54, 1.807) is 0 Å². The maximum atomic E-state index is 12.5. The molecule has 124 valence electrons. The highest BCUT2D eigenvalue weighted by atomic mass is 16.5. The van der Waals surface area contributed by atoms with Gasteiger partial charge in [0.25, 0.3) is 5.91 Å². The molecule has 1 aromatic carbocycles. The first kappa shape index (κ1) is 17.3. The van der Waals surface area contributed by atoms with Crippen LogP contribution < -0.4 is 4.74 Å². The van der Waals surface area contributed by atoms with Crippen molar-refractivity contribution < 1.29 is 9.53 Å². The molecule has 0 atom stereocenters. The van der Waals surface area contributed by atoms with Crippen molar-refractivity contribution >= 4 is 5.91 Å². The first-order chi connectivity index (χ1) is 10.8. The maximum Gasteiger partial charge on any atom is 0.284 e. The Kier molecular flexibility index (Phi) is 5.24. The van der Waals surface area contributed by atoms with Crippen molar-refractivity contribution in [1.29, 1.82) is 0 Å². The van der Waals surface area contributed by atoms with Crippen LogP contribution in [0, 0.1) is 13.8 Å². The molecule has 0 unspecified atom stereocenters. The number of carbonyl (C=O) groups excluding carboxylic acids is 1. The molecule has 0 aliphatic heterocycles. The standard InChI is InChI=1S/C19H26N2O2/c1-12(2)16-9-7-8-10-17(16)23-11-18(22)21-15(6)19(13(3)4)14(5)20-21/h7-10,12-13H,11H2,1-6H3. The lowest BCUT2D eigenvalue weighted by Crippen LogP contribution is -2.22. The fourth-order valence-electron chi connectivity index (χ4n) is 3.02. The summed E-state index contributed by atoms with van der Waals surface area (Å²) in [5.41, 5.74) is 4.06. The average Bonchev–Trinajstić information content (AvgIpc) is 2.80. The Morgan fingerprint density at radius 2 is 1.78 bits per heavy atom. The van der Waals surface area contributed by atoms with Gasteiger partial charge in [-0.1, -0.05) is 45.9 Å². The van der Waals surface area contributed by atoms with Crippen molar-refractivity contribution in [2.24, 2.45) is 0 Å². The van der Waals surface area contributed by atoms with Gasteiger partial charge in [0.15, 0.2) is 6.61 Å². The molecule has 0 spiro atoms. The predicted octanol–water partition coefficient (Wildman–Crippen LogP) is 4.47. The summed E-state index contributed by atoms with van der Waals surface area (Å²) < 4.78 is 7.24. The summed E-state index contributed by atoms with van der Waals surface area (Å²) in [6.07, 6.45) is 0. The normalized spacial score (nSPS) is 11.3. The summed E-state index contributed by atoms with van der Waals surface area (Å²) in [7, 11) is 0. The van der Waals surface area contributed by atoms with E-state index in [4.69, 9.17) is 4.74 Å². The van der Waals surface area contributed by atoms with E-state index >= 15 is 0 Å². The Labute approximate surface area is 138 Å². The highest BCUT2D eigenvalue weighted by Crippen LogP contribution is 2.26. The minimum atomic E-state index is -0.143. The smallest absolute Gasteiger partial charge is 0.284 e. The van der Waals surface area contributed by atoms with Gasteiger partial charge in [-0.15, -0.1) is 0 Å². The fourth-order valence-corrected chi connectivity index (χ4v) is 3.02. The number of nitrogens with zero attached hydrogens (tertiary/aromatic N) is 2. The quantitative estimate of drug-likeness (QED) is 0.818. The fraction of sp³-hybridized carbons (Fsp3) is 0.474. The van der Waals surface area contributed by atoms with Gasteiger partial charge < -0.3 is 4.74 Å². The number of hydrogen-bond donors (Lipinski definition) is 0. The topological polar surface area (TPSA) is 44.1 Å². The summed E-state index contributed by atoms with van der Waals surface area (Å²) >= 11 is 0. The molecule has 1 aromatic heterocycles. The molecule has 2 aromatic rings. The minimum Gasteiger partial charge on any atom is -0.483 e. The molecular weight excluding hydrogens is 288 g/mol. The monoisotopic (exact) mass is 314 g/mol. The number of para-hydroxylation sites is 1. The molecule has 0 amide bonds. The Bertz CT molecular complexity index is 699. The van der Waals surface area contributed by atoms with Crippen LogP contribution in [0.2, 0.25) is 0 Å².